The summed E-state index contributed by atoms with van der Waals surface area (Å²) in [6.45, 7) is 6.47. The number of rotatable bonds is 4. The molecule has 1 saturated heterocycles. The molecule has 0 aliphatic carbocycles. The summed E-state index contributed by atoms with van der Waals surface area (Å²) in [5, 5.41) is 3.39. The Bertz CT molecular complexity index is 450. The van der Waals surface area contributed by atoms with E-state index >= 15 is 0 Å². The van der Waals surface area contributed by atoms with E-state index in [1.54, 1.807) is 7.11 Å². The zero-order valence-electron chi connectivity index (χ0n) is 11.9. The summed E-state index contributed by atoms with van der Waals surface area (Å²) in [6.07, 6.45) is 2.99. The van der Waals surface area contributed by atoms with Gasteiger partial charge < -0.3 is 19.4 Å². The summed E-state index contributed by atoms with van der Waals surface area (Å²) in [6, 6.07) is 0. The zero-order valence-corrected chi connectivity index (χ0v) is 11.9. The first-order valence-corrected chi connectivity index (χ1v) is 7.19. The highest BCUT2D eigenvalue weighted by Crippen LogP contribution is 2.27. The first kappa shape index (κ1) is 13.1. The van der Waals surface area contributed by atoms with Crippen molar-refractivity contribution in [1.29, 1.82) is 0 Å². The number of hydrogen-bond donors (Lipinski definition) is 1. The molecule has 1 unspecified atom stereocenters. The monoisotopic (exact) mass is 265 g/mol. The van der Waals surface area contributed by atoms with Gasteiger partial charge in [0, 0.05) is 51.8 Å². The molecule has 5 heteroatoms. The number of nitrogens with zero attached hydrogens (tertiary/aromatic N) is 2. The van der Waals surface area contributed by atoms with Gasteiger partial charge in [-0.05, 0) is 0 Å². The van der Waals surface area contributed by atoms with Gasteiger partial charge in [-0.2, -0.15) is 0 Å². The molecule has 2 aliphatic rings. The highest BCUT2D eigenvalue weighted by Gasteiger charge is 2.37. The molecule has 3 heterocycles. The van der Waals surface area contributed by atoms with Crippen molar-refractivity contribution in [3.8, 4) is 0 Å². The first-order chi connectivity index (χ1) is 9.28. The van der Waals surface area contributed by atoms with Crippen molar-refractivity contribution in [3.63, 3.8) is 0 Å². The van der Waals surface area contributed by atoms with Crippen molar-refractivity contribution in [2.24, 2.45) is 0 Å². The Labute approximate surface area is 114 Å². The molecular weight excluding hydrogens is 242 g/mol. The minimum absolute atomic E-state index is 0.163. The molecule has 0 radical (unpaired) electrons. The maximum Gasteiger partial charge on any atom is 0.111 e. The van der Waals surface area contributed by atoms with Crippen LogP contribution in [0.3, 0.4) is 0 Å². The van der Waals surface area contributed by atoms with Crippen molar-refractivity contribution in [2.45, 2.75) is 44.9 Å². The van der Waals surface area contributed by atoms with Crippen LogP contribution in [0.4, 0.5) is 0 Å². The first-order valence-electron chi connectivity index (χ1n) is 7.19. The molecule has 1 atom stereocenters. The minimum atomic E-state index is -0.163. The number of imidazole rings is 1. The average Bonchev–Trinajstić information content (AvgIpc) is 3.05. The van der Waals surface area contributed by atoms with E-state index in [4.69, 9.17) is 14.5 Å². The third kappa shape index (κ3) is 2.30. The number of ether oxygens (including phenoxy) is 2. The van der Waals surface area contributed by atoms with Crippen LogP contribution in [0, 0.1) is 0 Å². The smallest absolute Gasteiger partial charge is 0.111 e. The number of methoxy groups -OCH3 is 1. The normalized spacial score (nSPS) is 26.6. The lowest BCUT2D eigenvalue weighted by Crippen LogP contribution is -2.38. The van der Waals surface area contributed by atoms with Gasteiger partial charge in [0.1, 0.15) is 11.4 Å². The third-order valence-electron chi connectivity index (χ3n) is 4.33. The Balaban J connectivity index is 1.92. The lowest BCUT2D eigenvalue weighted by atomic mass is 10.0. The van der Waals surface area contributed by atoms with Gasteiger partial charge in [0.2, 0.25) is 0 Å². The number of hydrogen-bond acceptors (Lipinski definition) is 4. The summed E-state index contributed by atoms with van der Waals surface area (Å²) >= 11 is 0. The quantitative estimate of drug-likeness (QED) is 0.878. The highest BCUT2D eigenvalue weighted by atomic mass is 16.5. The fourth-order valence-corrected chi connectivity index (χ4v) is 3.11. The second-order valence-corrected chi connectivity index (χ2v) is 5.48. The molecule has 3 rings (SSSR count). The zero-order chi connectivity index (χ0) is 13.3. The fraction of sp³-hybridized carbons (Fsp3) is 0.786. The minimum Gasteiger partial charge on any atom is -0.378 e. The van der Waals surface area contributed by atoms with Crippen molar-refractivity contribution >= 4 is 0 Å². The van der Waals surface area contributed by atoms with Crippen LogP contribution >= 0.6 is 0 Å². The molecule has 0 spiro atoms. The van der Waals surface area contributed by atoms with Gasteiger partial charge in [-0.15, -0.1) is 0 Å². The van der Waals surface area contributed by atoms with Gasteiger partial charge in [-0.3, -0.25) is 0 Å². The number of nitrogens with one attached hydrogen (secondary N) is 1. The van der Waals surface area contributed by atoms with Crippen LogP contribution in [-0.4, -0.2) is 42.0 Å². The third-order valence-corrected chi connectivity index (χ3v) is 4.33. The van der Waals surface area contributed by atoms with Crippen molar-refractivity contribution < 1.29 is 9.47 Å². The maximum atomic E-state index is 5.77. The van der Waals surface area contributed by atoms with Crippen LogP contribution < -0.4 is 5.32 Å². The van der Waals surface area contributed by atoms with Gasteiger partial charge in [-0.1, -0.05) is 6.92 Å². The van der Waals surface area contributed by atoms with E-state index in [0.717, 1.165) is 45.5 Å². The van der Waals surface area contributed by atoms with Crippen LogP contribution in [0.2, 0.25) is 0 Å². The Morgan fingerprint density at radius 2 is 2.42 bits per heavy atom. The SMILES string of the molecule is CCc1nc2c(n1CC1(OC)CCOC1)CCNC2. The van der Waals surface area contributed by atoms with Gasteiger partial charge in [0.15, 0.2) is 0 Å². The molecular formula is C14H23N3O2. The van der Waals surface area contributed by atoms with Crippen LogP contribution in [0.1, 0.15) is 30.6 Å². The second-order valence-electron chi connectivity index (χ2n) is 5.48. The summed E-state index contributed by atoms with van der Waals surface area (Å²) in [7, 11) is 1.80. The highest BCUT2D eigenvalue weighted by molar-refractivity contribution is 5.21. The summed E-state index contributed by atoms with van der Waals surface area (Å²) in [5.41, 5.74) is 2.44. The Hall–Kier alpha value is -0.910. The Morgan fingerprint density at radius 3 is 3.11 bits per heavy atom. The molecule has 2 aliphatic heterocycles. The average molecular weight is 265 g/mol. The van der Waals surface area contributed by atoms with Gasteiger partial charge in [-0.25, -0.2) is 4.98 Å². The molecule has 106 valence electrons. The maximum absolute atomic E-state index is 5.77. The van der Waals surface area contributed by atoms with E-state index in [1.165, 1.54) is 17.2 Å². The van der Waals surface area contributed by atoms with Gasteiger partial charge >= 0.3 is 0 Å². The lowest BCUT2D eigenvalue weighted by molar-refractivity contribution is -0.0304. The van der Waals surface area contributed by atoms with Gasteiger partial charge in [0.25, 0.3) is 0 Å². The topological polar surface area (TPSA) is 48.3 Å². The van der Waals surface area contributed by atoms with Crippen LogP contribution in [0.25, 0.3) is 0 Å². The largest absolute Gasteiger partial charge is 0.378 e. The molecule has 1 aromatic rings. The molecule has 5 nitrogen and oxygen atoms in total. The number of aromatic nitrogens is 2. The lowest BCUT2D eigenvalue weighted by Gasteiger charge is -2.28. The van der Waals surface area contributed by atoms with E-state index in [-0.39, 0.29) is 5.60 Å². The van der Waals surface area contributed by atoms with Crippen molar-refractivity contribution in [1.82, 2.24) is 14.9 Å². The molecule has 1 fully saturated rings. The molecule has 0 amide bonds. The second kappa shape index (κ2) is 5.23. The van der Waals surface area contributed by atoms with Crippen molar-refractivity contribution in [2.75, 3.05) is 26.9 Å². The molecule has 0 aromatic carbocycles. The van der Waals surface area contributed by atoms with E-state index in [9.17, 15) is 0 Å². The molecule has 19 heavy (non-hydrogen) atoms. The number of fused-ring (bicyclic) bond motifs is 1. The summed E-state index contributed by atoms with van der Waals surface area (Å²) < 4.78 is 13.7. The molecule has 1 aromatic heterocycles. The predicted octanol–water partition coefficient (Wildman–Crippen LogP) is 0.897. The summed E-state index contributed by atoms with van der Waals surface area (Å²) in [4.78, 5) is 4.78. The summed E-state index contributed by atoms with van der Waals surface area (Å²) in [5.74, 6) is 1.18. The fourth-order valence-electron chi connectivity index (χ4n) is 3.11. The molecule has 0 bridgehead atoms. The van der Waals surface area contributed by atoms with Crippen LogP contribution in [-0.2, 0) is 35.4 Å². The number of aryl methyl sites for hydroxylation is 1. The van der Waals surface area contributed by atoms with Crippen LogP contribution in [0.15, 0.2) is 0 Å². The Morgan fingerprint density at radius 1 is 1.53 bits per heavy atom. The van der Waals surface area contributed by atoms with E-state index in [2.05, 4.69) is 16.8 Å². The standard InChI is InChI=1S/C14H23N3O2/c1-3-13-16-11-8-15-6-4-12(11)17(13)9-14(18-2)5-7-19-10-14/h15H,3-10H2,1-2H3. The van der Waals surface area contributed by atoms with Gasteiger partial charge in [0.05, 0.1) is 18.8 Å². The van der Waals surface area contributed by atoms with Crippen LogP contribution in [0.5, 0.6) is 0 Å². The van der Waals surface area contributed by atoms with E-state index < -0.39 is 0 Å². The van der Waals surface area contributed by atoms with E-state index in [1.807, 2.05) is 0 Å². The molecule has 1 N–H and O–H groups in total. The predicted molar refractivity (Wildman–Crippen MR) is 72.2 cm³/mol. The Kier molecular flexibility index (Phi) is 3.60. The molecule has 0 saturated carbocycles. The van der Waals surface area contributed by atoms with Crippen molar-refractivity contribution in [3.05, 3.63) is 17.2 Å². The van der Waals surface area contributed by atoms with E-state index in [0.29, 0.717) is 6.61 Å².